The van der Waals surface area contributed by atoms with E-state index in [0.717, 1.165) is 5.65 Å². The van der Waals surface area contributed by atoms with Crippen LogP contribution in [0.25, 0.3) is 16.6 Å². The van der Waals surface area contributed by atoms with Crippen LogP contribution in [0.1, 0.15) is 5.69 Å². The molecule has 3 heterocycles. The van der Waals surface area contributed by atoms with E-state index < -0.39 is 11.2 Å². The first-order valence-corrected chi connectivity index (χ1v) is 8.03. The number of pyridine rings is 1. The van der Waals surface area contributed by atoms with Crippen molar-refractivity contribution in [3.8, 4) is 0 Å². The van der Waals surface area contributed by atoms with Gasteiger partial charge in [-0.05, 0) is 24.3 Å². The maximum absolute atomic E-state index is 12.3. The van der Waals surface area contributed by atoms with E-state index in [0.29, 0.717) is 16.6 Å². The smallest absolute Gasteiger partial charge is 0.329 e. The molecule has 2 N–H and O–H groups in total. The van der Waals surface area contributed by atoms with Crippen molar-refractivity contribution >= 4 is 22.5 Å². The second kappa shape index (κ2) is 6.32. The molecule has 0 saturated carbocycles. The van der Waals surface area contributed by atoms with Gasteiger partial charge in [-0.3, -0.25) is 19.1 Å². The largest absolute Gasteiger partial charge is 0.349 e. The van der Waals surface area contributed by atoms with Gasteiger partial charge in [0, 0.05) is 12.4 Å². The summed E-state index contributed by atoms with van der Waals surface area (Å²) in [7, 11) is 0. The zero-order chi connectivity index (χ0) is 18.1. The highest BCUT2D eigenvalue weighted by atomic mass is 16.2. The Labute approximate surface area is 146 Å². The van der Waals surface area contributed by atoms with Gasteiger partial charge < -0.3 is 9.72 Å². The minimum Gasteiger partial charge on any atom is -0.349 e. The third-order valence-electron chi connectivity index (χ3n) is 4.09. The third-order valence-corrected chi connectivity index (χ3v) is 4.09. The van der Waals surface area contributed by atoms with E-state index in [4.69, 9.17) is 0 Å². The van der Waals surface area contributed by atoms with Crippen LogP contribution in [-0.2, 0) is 17.9 Å². The van der Waals surface area contributed by atoms with Crippen molar-refractivity contribution in [2.75, 3.05) is 0 Å². The maximum atomic E-state index is 12.3. The lowest BCUT2D eigenvalue weighted by Gasteiger charge is -2.09. The fraction of sp³-hybridized carbons (Fsp3) is 0.111. The standard InChI is InChI=1S/C18H15N5O3/c24-16(19-9-12-10-22-8-4-3-7-15(22)20-12)11-23-14-6-2-1-5-13(14)17(25)21-18(23)26/h1-8,10H,9,11H2,(H,19,24)(H,21,25,26). The van der Waals surface area contributed by atoms with Crippen molar-refractivity contribution < 1.29 is 4.79 Å². The zero-order valence-corrected chi connectivity index (χ0v) is 13.7. The van der Waals surface area contributed by atoms with Gasteiger partial charge in [0.05, 0.1) is 23.1 Å². The molecule has 4 aromatic rings. The van der Waals surface area contributed by atoms with E-state index in [1.54, 1.807) is 24.3 Å². The van der Waals surface area contributed by atoms with E-state index in [2.05, 4.69) is 15.3 Å². The fourth-order valence-electron chi connectivity index (χ4n) is 2.86. The number of para-hydroxylation sites is 1. The second-order valence-corrected chi connectivity index (χ2v) is 5.84. The number of hydrogen-bond donors (Lipinski definition) is 2. The molecule has 1 amide bonds. The first-order valence-electron chi connectivity index (χ1n) is 8.03. The Bertz CT molecular complexity index is 1200. The molecule has 0 atom stereocenters. The van der Waals surface area contributed by atoms with Crippen molar-refractivity contribution in [2.45, 2.75) is 13.1 Å². The molecule has 3 aromatic heterocycles. The molecule has 1 aromatic carbocycles. The molecular formula is C18H15N5O3. The molecule has 0 aliphatic carbocycles. The normalized spacial score (nSPS) is 11.1. The Morgan fingerprint density at radius 3 is 2.77 bits per heavy atom. The molecule has 0 fully saturated rings. The number of amides is 1. The Hall–Kier alpha value is -3.68. The Kier molecular flexibility index (Phi) is 3.85. The molecule has 8 nitrogen and oxygen atoms in total. The summed E-state index contributed by atoms with van der Waals surface area (Å²) in [6, 6.07) is 12.3. The molecule has 130 valence electrons. The molecule has 26 heavy (non-hydrogen) atoms. The predicted molar refractivity (Wildman–Crippen MR) is 95.9 cm³/mol. The van der Waals surface area contributed by atoms with Gasteiger partial charge in [0.1, 0.15) is 12.2 Å². The van der Waals surface area contributed by atoms with Gasteiger partial charge >= 0.3 is 5.69 Å². The summed E-state index contributed by atoms with van der Waals surface area (Å²) in [5.41, 5.74) is 0.843. The molecule has 0 saturated heterocycles. The minimum atomic E-state index is -0.614. The van der Waals surface area contributed by atoms with Gasteiger partial charge in [-0.1, -0.05) is 18.2 Å². The number of hydrogen-bond acceptors (Lipinski definition) is 4. The Morgan fingerprint density at radius 1 is 1.12 bits per heavy atom. The Balaban J connectivity index is 1.54. The number of nitrogens with one attached hydrogen (secondary N) is 2. The second-order valence-electron chi connectivity index (χ2n) is 5.84. The number of aromatic nitrogens is 4. The molecule has 0 radical (unpaired) electrons. The molecule has 0 spiro atoms. The molecule has 0 aliphatic heterocycles. The van der Waals surface area contributed by atoms with Gasteiger partial charge in [0.2, 0.25) is 5.91 Å². The van der Waals surface area contributed by atoms with E-state index in [1.165, 1.54) is 4.57 Å². The number of nitrogens with zero attached hydrogens (tertiary/aromatic N) is 3. The maximum Gasteiger partial charge on any atom is 0.329 e. The van der Waals surface area contributed by atoms with Crippen LogP contribution in [0.4, 0.5) is 0 Å². The first-order chi connectivity index (χ1) is 12.6. The van der Waals surface area contributed by atoms with E-state index in [-0.39, 0.29) is 19.0 Å². The van der Waals surface area contributed by atoms with E-state index >= 15 is 0 Å². The van der Waals surface area contributed by atoms with Gasteiger partial charge in [-0.2, -0.15) is 0 Å². The van der Waals surface area contributed by atoms with Crippen molar-refractivity contribution in [3.05, 3.63) is 81.4 Å². The summed E-state index contributed by atoms with van der Waals surface area (Å²) < 4.78 is 3.11. The van der Waals surface area contributed by atoms with Crippen LogP contribution in [0.2, 0.25) is 0 Å². The summed E-state index contributed by atoms with van der Waals surface area (Å²) >= 11 is 0. The van der Waals surface area contributed by atoms with Crippen LogP contribution in [-0.4, -0.2) is 24.8 Å². The van der Waals surface area contributed by atoms with Gasteiger partial charge in [-0.25, -0.2) is 9.78 Å². The summed E-state index contributed by atoms with van der Waals surface area (Å²) in [6.07, 6.45) is 3.71. The number of carbonyl (C=O) groups is 1. The van der Waals surface area contributed by atoms with Gasteiger partial charge in [-0.15, -0.1) is 0 Å². The quantitative estimate of drug-likeness (QED) is 0.565. The molecule has 4 rings (SSSR count). The van der Waals surface area contributed by atoms with Crippen LogP contribution < -0.4 is 16.6 Å². The van der Waals surface area contributed by atoms with Crippen molar-refractivity contribution in [2.24, 2.45) is 0 Å². The van der Waals surface area contributed by atoms with Crippen molar-refractivity contribution in [1.29, 1.82) is 0 Å². The van der Waals surface area contributed by atoms with Crippen molar-refractivity contribution in [3.63, 3.8) is 0 Å². The van der Waals surface area contributed by atoms with Crippen molar-refractivity contribution in [1.82, 2.24) is 24.3 Å². The zero-order valence-electron chi connectivity index (χ0n) is 13.7. The highest BCUT2D eigenvalue weighted by Gasteiger charge is 2.11. The molecule has 0 unspecified atom stereocenters. The van der Waals surface area contributed by atoms with Crippen LogP contribution in [0, 0.1) is 0 Å². The predicted octanol–water partition coefficient (Wildman–Crippen LogP) is 0.654. The number of benzene rings is 1. The van der Waals surface area contributed by atoms with E-state index in [9.17, 15) is 14.4 Å². The minimum absolute atomic E-state index is 0.191. The summed E-state index contributed by atoms with van der Waals surface area (Å²) in [5.74, 6) is -0.346. The van der Waals surface area contributed by atoms with Crippen LogP contribution >= 0.6 is 0 Å². The fourth-order valence-corrected chi connectivity index (χ4v) is 2.86. The average molecular weight is 349 g/mol. The molecular weight excluding hydrogens is 334 g/mol. The van der Waals surface area contributed by atoms with Gasteiger partial charge in [0.25, 0.3) is 5.56 Å². The monoisotopic (exact) mass is 349 g/mol. The number of aromatic amines is 1. The molecule has 0 aliphatic rings. The molecule has 8 heteroatoms. The lowest BCUT2D eigenvalue weighted by Crippen LogP contribution is -2.36. The lowest BCUT2D eigenvalue weighted by atomic mass is 10.2. The van der Waals surface area contributed by atoms with E-state index in [1.807, 2.05) is 35.0 Å². The number of fused-ring (bicyclic) bond motifs is 2. The van der Waals surface area contributed by atoms with Gasteiger partial charge in [0.15, 0.2) is 0 Å². The lowest BCUT2D eigenvalue weighted by molar-refractivity contribution is -0.121. The molecule has 0 bridgehead atoms. The highest BCUT2D eigenvalue weighted by Crippen LogP contribution is 2.07. The van der Waals surface area contributed by atoms with Crippen LogP contribution in [0.3, 0.4) is 0 Å². The number of imidazole rings is 1. The Morgan fingerprint density at radius 2 is 1.92 bits per heavy atom. The average Bonchev–Trinajstić information content (AvgIpc) is 3.06. The highest BCUT2D eigenvalue weighted by molar-refractivity contribution is 5.81. The van der Waals surface area contributed by atoms with Crippen LogP contribution in [0.15, 0.2) is 64.4 Å². The summed E-state index contributed by atoms with van der Waals surface area (Å²) in [4.78, 5) is 42.9. The summed E-state index contributed by atoms with van der Waals surface area (Å²) in [5, 5.41) is 3.11. The number of rotatable bonds is 4. The summed E-state index contributed by atoms with van der Waals surface area (Å²) in [6.45, 7) is 0.0556. The third kappa shape index (κ3) is 2.88. The SMILES string of the molecule is O=C(Cn1c(=O)[nH]c(=O)c2ccccc21)NCc1cn2ccccc2n1. The first kappa shape index (κ1) is 15.8. The van der Waals surface area contributed by atoms with Crippen LogP contribution in [0.5, 0.6) is 0 Å². The number of H-pyrrole nitrogens is 1. The topological polar surface area (TPSA) is 101 Å². The number of carbonyl (C=O) groups excluding carboxylic acids is 1.